The summed E-state index contributed by atoms with van der Waals surface area (Å²) >= 11 is 0. The van der Waals surface area contributed by atoms with Crippen LogP contribution < -0.4 is 0 Å². The summed E-state index contributed by atoms with van der Waals surface area (Å²) in [6.07, 6.45) is 25.8. The average molecular weight is 451 g/mol. The Balaban J connectivity index is 3.67. The number of esters is 2. The van der Waals surface area contributed by atoms with Crippen molar-refractivity contribution in [2.75, 3.05) is 6.61 Å². The van der Waals surface area contributed by atoms with Crippen LogP contribution in [0.4, 0.5) is 0 Å². The summed E-state index contributed by atoms with van der Waals surface area (Å²) in [6.45, 7) is 6.43. The molecule has 32 heavy (non-hydrogen) atoms. The Morgan fingerprint density at radius 3 is 1.59 bits per heavy atom. The van der Waals surface area contributed by atoms with Crippen LogP contribution in [0.15, 0.2) is 24.3 Å². The molecule has 0 saturated carbocycles. The monoisotopic (exact) mass is 450 g/mol. The molecule has 0 aromatic carbocycles. The van der Waals surface area contributed by atoms with Gasteiger partial charge in [-0.2, -0.15) is 0 Å². The molecule has 0 aromatic heterocycles. The van der Waals surface area contributed by atoms with E-state index in [9.17, 15) is 9.59 Å². The lowest BCUT2D eigenvalue weighted by molar-refractivity contribution is -0.159. The minimum absolute atomic E-state index is 0.174. The van der Waals surface area contributed by atoms with Crippen LogP contribution in [-0.2, 0) is 19.1 Å². The maximum Gasteiger partial charge on any atom is 0.306 e. The van der Waals surface area contributed by atoms with E-state index in [1.807, 2.05) is 6.92 Å². The number of rotatable bonds is 22. The Labute approximate surface area is 198 Å². The highest BCUT2D eigenvalue weighted by molar-refractivity contribution is 5.70. The van der Waals surface area contributed by atoms with E-state index in [1.54, 1.807) is 0 Å². The number of allylic oxidation sites excluding steroid dienone is 4. The van der Waals surface area contributed by atoms with Crippen LogP contribution in [0.25, 0.3) is 0 Å². The first-order valence-electron chi connectivity index (χ1n) is 13.3. The number of hydrogen-bond acceptors (Lipinski definition) is 4. The molecule has 0 aromatic rings. The molecule has 0 aliphatic carbocycles. The zero-order valence-corrected chi connectivity index (χ0v) is 21.2. The van der Waals surface area contributed by atoms with Crippen LogP contribution in [0.3, 0.4) is 0 Å². The van der Waals surface area contributed by atoms with Gasteiger partial charge in [0.1, 0.15) is 12.7 Å². The second-order valence-electron chi connectivity index (χ2n) is 8.58. The van der Waals surface area contributed by atoms with E-state index in [0.717, 1.165) is 57.8 Å². The Kier molecular flexibility index (Phi) is 22.9. The van der Waals surface area contributed by atoms with Crippen molar-refractivity contribution in [3.8, 4) is 0 Å². The number of ether oxygens (including phenoxy) is 2. The number of hydrogen-bond donors (Lipinski definition) is 0. The predicted molar refractivity (Wildman–Crippen MR) is 135 cm³/mol. The van der Waals surface area contributed by atoms with Gasteiger partial charge in [-0.15, -0.1) is 0 Å². The van der Waals surface area contributed by atoms with Gasteiger partial charge in [-0.1, -0.05) is 83.6 Å². The summed E-state index contributed by atoms with van der Waals surface area (Å²) in [7, 11) is 0. The zero-order chi connectivity index (χ0) is 23.7. The Morgan fingerprint density at radius 2 is 1.09 bits per heavy atom. The Bertz CT molecular complexity index is 496. The smallest absolute Gasteiger partial charge is 0.306 e. The molecule has 4 nitrogen and oxygen atoms in total. The van der Waals surface area contributed by atoms with Crippen LogP contribution in [0.1, 0.15) is 130 Å². The number of unbranched alkanes of at least 4 members (excludes halogenated alkanes) is 10. The first-order valence-corrected chi connectivity index (χ1v) is 13.3. The van der Waals surface area contributed by atoms with Crippen molar-refractivity contribution in [2.24, 2.45) is 0 Å². The molecular weight excluding hydrogens is 400 g/mol. The summed E-state index contributed by atoms with van der Waals surface area (Å²) in [5.74, 6) is -0.355. The number of carbonyl (C=O) groups excluding carboxylic acids is 2. The Morgan fingerprint density at radius 1 is 0.625 bits per heavy atom. The predicted octanol–water partition coefficient (Wildman–Crippen LogP) is 8.25. The lowest BCUT2D eigenvalue weighted by Crippen LogP contribution is -2.24. The van der Waals surface area contributed by atoms with Gasteiger partial charge in [-0.25, -0.2) is 0 Å². The third-order valence-corrected chi connectivity index (χ3v) is 5.49. The van der Waals surface area contributed by atoms with Crippen LogP contribution in [0.2, 0.25) is 0 Å². The molecule has 0 fully saturated rings. The van der Waals surface area contributed by atoms with Crippen LogP contribution in [0, 0.1) is 0 Å². The molecule has 0 aliphatic rings. The molecule has 4 heteroatoms. The second kappa shape index (κ2) is 24.1. The maximum absolute atomic E-state index is 12.0. The Hall–Kier alpha value is -1.58. The molecule has 0 saturated heterocycles. The van der Waals surface area contributed by atoms with Gasteiger partial charge < -0.3 is 9.47 Å². The van der Waals surface area contributed by atoms with Gasteiger partial charge in [0.25, 0.3) is 0 Å². The molecule has 1 unspecified atom stereocenters. The highest BCUT2D eigenvalue weighted by Crippen LogP contribution is 2.11. The van der Waals surface area contributed by atoms with E-state index in [4.69, 9.17) is 9.47 Å². The number of carbonyl (C=O) groups is 2. The molecule has 0 radical (unpaired) electrons. The fourth-order valence-electron chi connectivity index (χ4n) is 3.43. The van der Waals surface area contributed by atoms with Crippen LogP contribution in [-0.4, -0.2) is 24.6 Å². The molecule has 0 spiro atoms. The lowest BCUT2D eigenvalue weighted by Gasteiger charge is -2.16. The van der Waals surface area contributed by atoms with Crippen molar-refractivity contribution < 1.29 is 19.1 Å². The van der Waals surface area contributed by atoms with Gasteiger partial charge in [0.15, 0.2) is 0 Å². The molecule has 0 bridgehead atoms. The van der Waals surface area contributed by atoms with Crippen molar-refractivity contribution in [1.29, 1.82) is 0 Å². The van der Waals surface area contributed by atoms with Gasteiger partial charge in [0, 0.05) is 12.8 Å². The highest BCUT2D eigenvalue weighted by Gasteiger charge is 2.15. The largest absolute Gasteiger partial charge is 0.462 e. The third-order valence-electron chi connectivity index (χ3n) is 5.49. The molecule has 0 heterocycles. The van der Waals surface area contributed by atoms with E-state index >= 15 is 0 Å². The van der Waals surface area contributed by atoms with Crippen LogP contribution >= 0.6 is 0 Å². The lowest BCUT2D eigenvalue weighted by atomic mass is 10.1. The van der Waals surface area contributed by atoms with Gasteiger partial charge in [-0.05, 0) is 57.8 Å². The van der Waals surface area contributed by atoms with Gasteiger partial charge in [0.2, 0.25) is 0 Å². The quantitative estimate of drug-likeness (QED) is 0.0946. The van der Waals surface area contributed by atoms with Gasteiger partial charge in [0.05, 0.1) is 0 Å². The van der Waals surface area contributed by atoms with E-state index in [1.165, 1.54) is 32.1 Å². The third kappa shape index (κ3) is 21.6. The molecule has 0 aliphatic heterocycles. The maximum atomic E-state index is 12.0. The van der Waals surface area contributed by atoms with Crippen molar-refractivity contribution in [2.45, 2.75) is 136 Å². The minimum atomic E-state index is -0.326. The van der Waals surface area contributed by atoms with Crippen LogP contribution in [0.5, 0.6) is 0 Å². The first-order chi connectivity index (χ1) is 15.6. The van der Waals surface area contributed by atoms with Crippen molar-refractivity contribution in [3.63, 3.8) is 0 Å². The summed E-state index contributed by atoms with van der Waals surface area (Å²) < 4.78 is 10.8. The molecule has 1 atom stereocenters. The van der Waals surface area contributed by atoms with Crippen molar-refractivity contribution in [1.82, 2.24) is 0 Å². The summed E-state index contributed by atoms with van der Waals surface area (Å²) in [6, 6.07) is 0. The molecule has 186 valence electrons. The van der Waals surface area contributed by atoms with Gasteiger partial charge >= 0.3 is 11.9 Å². The van der Waals surface area contributed by atoms with E-state index in [-0.39, 0.29) is 24.6 Å². The molecular formula is C28H50O4. The summed E-state index contributed by atoms with van der Waals surface area (Å²) in [5, 5.41) is 0. The molecule has 0 N–H and O–H groups in total. The van der Waals surface area contributed by atoms with Crippen molar-refractivity contribution in [3.05, 3.63) is 24.3 Å². The SMILES string of the molecule is CC/C=C\CCCCCCCC(=O)OCC(CC)OC(=O)CCCCCCC/C=C\CC. The fraction of sp³-hybridized carbons (Fsp3) is 0.786. The van der Waals surface area contributed by atoms with E-state index < -0.39 is 0 Å². The van der Waals surface area contributed by atoms with Crippen molar-refractivity contribution >= 4 is 11.9 Å². The zero-order valence-electron chi connectivity index (χ0n) is 21.2. The molecule has 0 rings (SSSR count). The standard InChI is InChI=1S/C28H50O4/c1-4-7-9-11-13-15-17-19-21-23-27(29)31-25-26(6-3)32-28(30)24-22-20-18-16-14-12-10-8-5-2/h7-10,26H,4-6,11-25H2,1-3H3/b9-7-,10-8-. The summed E-state index contributed by atoms with van der Waals surface area (Å²) in [4.78, 5) is 24.0. The normalized spacial score (nSPS) is 12.5. The van der Waals surface area contributed by atoms with E-state index in [0.29, 0.717) is 19.3 Å². The topological polar surface area (TPSA) is 52.6 Å². The van der Waals surface area contributed by atoms with E-state index in [2.05, 4.69) is 38.2 Å². The second-order valence-corrected chi connectivity index (χ2v) is 8.58. The first kappa shape index (κ1) is 30.4. The fourth-order valence-corrected chi connectivity index (χ4v) is 3.43. The minimum Gasteiger partial charge on any atom is -0.462 e. The van der Waals surface area contributed by atoms with Gasteiger partial charge in [-0.3, -0.25) is 9.59 Å². The average Bonchev–Trinajstić information content (AvgIpc) is 2.79. The highest BCUT2D eigenvalue weighted by atomic mass is 16.6. The molecule has 0 amide bonds. The summed E-state index contributed by atoms with van der Waals surface area (Å²) in [5.41, 5.74) is 0.